The lowest BCUT2D eigenvalue weighted by Crippen LogP contribution is -2.34. The Morgan fingerprint density at radius 3 is 2.33 bits per heavy atom. The predicted octanol–water partition coefficient (Wildman–Crippen LogP) is 4.31. The van der Waals surface area contributed by atoms with Crippen molar-refractivity contribution in [1.29, 1.82) is 0 Å². The second kappa shape index (κ2) is 6.80. The van der Waals surface area contributed by atoms with Crippen molar-refractivity contribution in [3.8, 4) is 0 Å². The summed E-state index contributed by atoms with van der Waals surface area (Å²) in [5.41, 5.74) is 2.61. The minimum Gasteiger partial charge on any atom is -0.270 e. The van der Waals surface area contributed by atoms with Gasteiger partial charge in [0.05, 0.1) is 5.69 Å². The van der Waals surface area contributed by atoms with Crippen molar-refractivity contribution in [3.05, 3.63) is 53.1 Å². The molecule has 0 unspecified atom stereocenters. The second-order valence-corrected chi connectivity index (χ2v) is 5.86. The molecule has 0 aliphatic carbocycles. The summed E-state index contributed by atoms with van der Waals surface area (Å²) in [4.78, 5) is 0. The Morgan fingerprint density at radius 1 is 1.19 bits per heavy atom. The van der Waals surface area contributed by atoms with Crippen molar-refractivity contribution >= 4 is 23.2 Å². The van der Waals surface area contributed by atoms with Crippen LogP contribution in [0.4, 0.5) is 4.39 Å². The van der Waals surface area contributed by atoms with Crippen molar-refractivity contribution in [2.24, 2.45) is 0 Å². The molecule has 0 saturated carbocycles. The van der Waals surface area contributed by atoms with E-state index in [0.717, 1.165) is 23.5 Å². The molecular formula is C16H19Cl2FN2. The minimum absolute atomic E-state index is 0.258. The van der Waals surface area contributed by atoms with Gasteiger partial charge in [0.2, 0.25) is 0 Å². The molecule has 0 aliphatic rings. The SMILES string of the molecule is CCn1nc(C)cc1CC(CCl)(CCl)c1ccc(F)cc1. The summed E-state index contributed by atoms with van der Waals surface area (Å²) in [5.74, 6) is 0.484. The Labute approximate surface area is 134 Å². The molecule has 2 nitrogen and oxygen atoms in total. The van der Waals surface area contributed by atoms with Crippen LogP contribution in [0.1, 0.15) is 23.9 Å². The molecule has 0 N–H and O–H groups in total. The van der Waals surface area contributed by atoms with Gasteiger partial charge in [0.25, 0.3) is 0 Å². The van der Waals surface area contributed by atoms with Crippen molar-refractivity contribution in [2.75, 3.05) is 11.8 Å². The van der Waals surface area contributed by atoms with Gasteiger partial charge in [-0.1, -0.05) is 12.1 Å². The first-order valence-electron chi connectivity index (χ1n) is 6.96. The topological polar surface area (TPSA) is 17.8 Å². The third kappa shape index (κ3) is 3.41. The number of aromatic nitrogens is 2. The van der Waals surface area contributed by atoms with Crippen LogP contribution in [0, 0.1) is 12.7 Å². The van der Waals surface area contributed by atoms with Crippen LogP contribution >= 0.6 is 23.2 Å². The highest BCUT2D eigenvalue weighted by molar-refractivity contribution is 6.22. The number of halogens is 3. The van der Waals surface area contributed by atoms with Crippen molar-refractivity contribution < 1.29 is 4.39 Å². The summed E-state index contributed by atoms with van der Waals surface area (Å²) in [6.45, 7) is 4.82. The highest BCUT2D eigenvalue weighted by Crippen LogP contribution is 2.32. The fourth-order valence-corrected chi connectivity index (χ4v) is 3.34. The molecule has 0 bridgehead atoms. The number of alkyl halides is 2. The lowest BCUT2D eigenvalue weighted by molar-refractivity contribution is 0.497. The van der Waals surface area contributed by atoms with Crippen LogP contribution in [0.2, 0.25) is 0 Å². The molecule has 5 heteroatoms. The smallest absolute Gasteiger partial charge is 0.123 e. The van der Waals surface area contributed by atoms with Crippen LogP contribution in [-0.4, -0.2) is 21.5 Å². The van der Waals surface area contributed by atoms with Gasteiger partial charge < -0.3 is 0 Å². The summed E-state index contributed by atoms with van der Waals surface area (Å²) < 4.78 is 15.1. The zero-order chi connectivity index (χ0) is 15.5. The summed E-state index contributed by atoms with van der Waals surface area (Å²) >= 11 is 12.5. The molecule has 1 heterocycles. The van der Waals surface area contributed by atoms with Crippen LogP contribution in [0.3, 0.4) is 0 Å². The van der Waals surface area contributed by atoms with Gasteiger partial charge in [-0.2, -0.15) is 5.10 Å². The van der Waals surface area contributed by atoms with Gasteiger partial charge in [-0.05, 0) is 37.6 Å². The molecule has 2 aromatic rings. The molecule has 1 aromatic carbocycles. The number of rotatable bonds is 6. The first kappa shape index (κ1) is 16.3. The van der Waals surface area contributed by atoms with Gasteiger partial charge in [-0.25, -0.2) is 4.39 Å². The molecule has 1 aromatic heterocycles. The highest BCUT2D eigenvalue weighted by atomic mass is 35.5. The monoisotopic (exact) mass is 328 g/mol. The second-order valence-electron chi connectivity index (χ2n) is 5.32. The molecule has 0 radical (unpaired) electrons. The maximum absolute atomic E-state index is 13.2. The summed E-state index contributed by atoms with van der Waals surface area (Å²) in [6.07, 6.45) is 0.681. The molecular weight excluding hydrogens is 310 g/mol. The Morgan fingerprint density at radius 2 is 1.81 bits per heavy atom. The minimum atomic E-state index is -0.420. The normalized spacial score (nSPS) is 11.9. The lowest BCUT2D eigenvalue weighted by Gasteiger charge is -2.30. The fraction of sp³-hybridized carbons (Fsp3) is 0.438. The zero-order valence-electron chi connectivity index (χ0n) is 12.2. The largest absolute Gasteiger partial charge is 0.270 e. The van der Waals surface area contributed by atoms with E-state index in [2.05, 4.69) is 18.1 Å². The molecule has 0 amide bonds. The number of benzene rings is 1. The predicted molar refractivity (Wildman–Crippen MR) is 85.9 cm³/mol. The van der Waals surface area contributed by atoms with Gasteiger partial charge in [-0.3, -0.25) is 4.68 Å². The summed E-state index contributed by atoms with van der Waals surface area (Å²) in [6, 6.07) is 8.48. The molecule has 0 atom stereocenters. The Kier molecular flexibility index (Phi) is 5.28. The molecule has 0 fully saturated rings. The number of hydrogen-bond acceptors (Lipinski definition) is 1. The van der Waals surface area contributed by atoms with E-state index in [0.29, 0.717) is 18.2 Å². The van der Waals surface area contributed by atoms with Crippen LogP contribution in [-0.2, 0) is 18.4 Å². The van der Waals surface area contributed by atoms with E-state index in [1.165, 1.54) is 12.1 Å². The van der Waals surface area contributed by atoms with E-state index in [1.807, 2.05) is 11.6 Å². The lowest BCUT2D eigenvalue weighted by atomic mass is 9.80. The van der Waals surface area contributed by atoms with Crippen molar-refractivity contribution in [2.45, 2.75) is 32.2 Å². The Balaban J connectivity index is 2.40. The fourth-order valence-electron chi connectivity index (χ4n) is 2.55. The third-order valence-electron chi connectivity index (χ3n) is 3.77. The van der Waals surface area contributed by atoms with Gasteiger partial charge in [0.15, 0.2) is 0 Å². The maximum atomic E-state index is 13.2. The van der Waals surface area contributed by atoms with Gasteiger partial charge in [0.1, 0.15) is 5.82 Å². The third-order valence-corrected chi connectivity index (χ3v) is 4.80. The van der Waals surface area contributed by atoms with Crippen LogP contribution < -0.4 is 0 Å². The van der Waals surface area contributed by atoms with Crippen LogP contribution in [0.15, 0.2) is 30.3 Å². The van der Waals surface area contributed by atoms with E-state index in [4.69, 9.17) is 23.2 Å². The van der Waals surface area contributed by atoms with Crippen LogP contribution in [0.5, 0.6) is 0 Å². The molecule has 0 saturated heterocycles. The first-order valence-corrected chi connectivity index (χ1v) is 8.03. The Bertz CT molecular complexity index is 589. The summed E-state index contributed by atoms with van der Waals surface area (Å²) in [7, 11) is 0. The average molecular weight is 329 g/mol. The van der Waals surface area contributed by atoms with E-state index in [-0.39, 0.29) is 5.82 Å². The van der Waals surface area contributed by atoms with Gasteiger partial charge >= 0.3 is 0 Å². The molecule has 114 valence electrons. The van der Waals surface area contributed by atoms with E-state index in [1.54, 1.807) is 12.1 Å². The molecule has 0 spiro atoms. The van der Waals surface area contributed by atoms with Gasteiger partial charge in [-0.15, -0.1) is 23.2 Å². The standard InChI is InChI=1S/C16H19Cl2FN2/c1-3-21-15(8-12(2)20-21)9-16(10-17,11-18)13-4-6-14(19)7-5-13/h4-8H,3,9-11H2,1-2H3. The van der Waals surface area contributed by atoms with E-state index >= 15 is 0 Å². The molecule has 0 aliphatic heterocycles. The number of hydrogen-bond donors (Lipinski definition) is 0. The van der Waals surface area contributed by atoms with E-state index in [9.17, 15) is 4.39 Å². The van der Waals surface area contributed by atoms with Gasteiger partial charge in [0, 0.05) is 35.8 Å². The number of nitrogens with zero attached hydrogens (tertiary/aromatic N) is 2. The van der Waals surface area contributed by atoms with Crippen molar-refractivity contribution in [1.82, 2.24) is 9.78 Å². The molecule has 2 rings (SSSR count). The molecule has 21 heavy (non-hydrogen) atoms. The first-order chi connectivity index (χ1) is 10.0. The van der Waals surface area contributed by atoms with Crippen LogP contribution in [0.25, 0.3) is 0 Å². The zero-order valence-corrected chi connectivity index (χ0v) is 13.8. The number of aryl methyl sites for hydroxylation is 2. The summed E-state index contributed by atoms with van der Waals surface area (Å²) in [5, 5.41) is 4.46. The van der Waals surface area contributed by atoms with Crippen molar-refractivity contribution in [3.63, 3.8) is 0 Å². The quantitative estimate of drug-likeness (QED) is 0.722. The maximum Gasteiger partial charge on any atom is 0.123 e. The Hall–Kier alpha value is -1.06. The highest BCUT2D eigenvalue weighted by Gasteiger charge is 2.32. The van der Waals surface area contributed by atoms with E-state index < -0.39 is 5.41 Å². The average Bonchev–Trinajstić information content (AvgIpc) is 2.85.